The number of carbonyl (C=O) groups excluding carboxylic acids is 1. The van der Waals surface area contributed by atoms with Crippen LogP contribution >= 0.6 is 0 Å². The van der Waals surface area contributed by atoms with Gasteiger partial charge in [-0.2, -0.15) is 0 Å². The molecule has 0 aliphatic rings. The fraction of sp³-hybridized carbons (Fsp3) is 0.381. The highest BCUT2D eigenvalue weighted by Gasteiger charge is 2.18. The average Bonchev–Trinajstić information content (AvgIpc) is 2.64. The lowest BCUT2D eigenvalue weighted by Gasteiger charge is -2.17. The summed E-state index contributed by atoms with van der Waals surface area (Å²) in [5, 5.41) is 12.6. The molecule has 0 saturated carbocycles. The van der Waals surface area contributed by atoms with Crippen LogP contribution in [0.15, 0.2) is 36.4 Å². The van der Waals surface area contributed by atoms with E-state index >= 15 is 0 Å². The predicted octanol–water partition coefficient (Wildman–Crippen LogP) is 4.19. The smallest absolute Gasteiger partial charge is 0.255 e. The molecule has 2 N–H and O–H groups in total. The van der Waals surface area contributed by atoms with Gasteiger partial charge in [-0.1, -0.05) is 12.1 Å². The van der Waals surface area contributed by atoms with E-state index in [0.717, 1.165) is 5.56 Å². The number of benzene rings is 2. The lowest BCUT2D eigenvalue weighted by Crippen LogP contribution is -2.13. The lowest BCUT2D eigenvalue weighted by molar-refractivity contribution is 0.102. The van der Waals surface area contributed by atoms with E-state index < -0.39 is 6.10 Å². The van der Waals surface area contributed by atoms with Crippen molar-refractivity contribution in [1.29, 1.82) is 0 Å². The molecule has 0 radical (unpaired) electrons. The van der Waals surface area contributed by atoms with Gasteiger partial charge in [-0.05, 0) is 57.5 Å². The highest BCUT2D eigenvalue weighted by Crippen LogP contribution is 2.39. The van der Waals surface area contributed by atoms with E-state index in [2.05, 4.69) is 5.32 Å². The summed E-state index contributed by atoms with van der Waals surface area (Å²) in [7, 11) is 0. The zero-order valence-electron chi connectivity index (χ0n) is 16.2. The Kier molecular flexibility index (Phi) is 7.49. The van der Waals surface area contributed by atoms with Crippen LogP contribution in [0.2, 0.25) is 0 Å². The van der Waals surface area contributed by atoms with Crippen LogP contribution in [0.1, 0.15) is 49.7 Å². The third-order valence-corrected chi connectivity index (χ3v) is 3.80. The maximum atomic E-state index is 12.8. The predicted molar refractivity (Wildman–Crippen MR) is 105 cm³/mol. The van der Waals surface area contributed by atoms with Crippen LogP contribution < -0.4 is 19.5 Å². The Hall–Kier alpha value is -2.73. The Labute approximate surface area is 160 Å². The summed E-state index contributed by atoms with van der Waals surface area (Å²) in [6, 6.07) is 10.4. The first-order valence-corrected chi connectivity index (χ1v) is 9.15. The van der Waals surface area contributed by atoms with E-state index in [4.69, 9.17) is 14.2 Å². The number of aliphatic hydroxyl groups is 1. The second-order valence-corrected chi connectivity index (χ2v) is 5.86. The molecule has 27 heavy (non-hydrogen) atoms. The second-order valence-electron chi connectivity index (χ2n) is 5.86. The zero-order chi connectivity index (χ0) is 19.8. The minimum Gasteiger partial charge on any atom is -0.490 e. The standard InChI is InChI=1S/C21H27NO5/c1-5-25-18-12-16(13-19(26-6-2)20(18)27-7-3)21(24)22-17-10-8-9-15(11-17)14(4)23/h8-14,23H,5-7H2,1-4H3,(H,22,24)/t14-/m0/s1. The number of carbonyl (C=O) groups is 1. The van der Waals surface area contributed by atoms with Crippen molar-refractivity contribution in [2.45, 2.75) is 33.8 Å². The van der Waals surface area contributed by atoms with Crippen LogP contribution in [0.4, 0.5) is 5.69 Å². The molecule has 0 saturated heterocycles. The van der Waals surface area contributed by atoms with Gasteiger partial charge < -0.3 is 24.6 Å². The van der Waals surface area contributed by atoms with E-state index in [1.165, 1.54) is 0 Å². The van der Waals surface area contributed by atoms with Gasteiger partial charge in [0.25, 0.3) is 5.91 Å². The topological polar surface area (TPSA) is 77.0 Å². The van der Waals surface area contributed by atoms with Crippen molar-refractivity contribution in [1.82, 2.24) is 0 Å². The van der Waals surface area contributed by atoms with E-state index in [-0.39, 0.29) is 5.91 Å². The summed E-state index contributed by atoms with van der Waals surface area (Å²) in [6.45, 7) is 8.62. The molecule has 6 nitrogen and oxygen atoms in total. The molecule has 0 fully saturated rings. The fourth-order valence-electron chi connectivity index (χ4n) is 2.60. The zero-order valence-corrected chi connectivity index (χ0v) is 16.2. The highest BCUT2D eigenvalue weighted by atomic mass is 16.5. The fourth-order valence-corrected chi connectivity index (χ4v) is 2.60. The normalized spacial score (nSPS) is 11.6. The van der Waals surface area contributed by atoms with Crippen molar-refractivity contribution in [3.63, 3.8) is 0 Å². The first-order valence-electron chi connectivity index (χ1n) is 9.15. The van der Waals surface area contributed by atoms with Crippen molar-refractivity contribution in [2.75, 3.05) is 25.1 Å². The number of aliphatic hydroxyl groups excluding tert-OH is 1. The van der Waals surface area contributed by atoms with Crippen molar-refractivity contribution in [2.24, 2.45) is 0 Å². The summed E-state index contributed by atoms with van der Waals surface area (Å²) in [5.41, 5.74) is 1.72. The minimum absolute atomic E-state index is 0.303. The molecule has 0 bridgehead atoms. The van der Waals surface area contributed by atoms with Gasteiger partial charge in [0.2, 0.25) is 5.75 Å². The largest absolute Gasteiger partial charge is 0.490 e. The molecule has 1 amide bonds. The minimum atomic E-state index is -0.610. The third-order valence-electron chi connectivity index (χ3n) is 3.80. The maximum absolute atomic E-state index is 12.8. The summed E-state index contributed by atoms with van der Waals surface area (Å²) in [5.74, 6) is 1.12. The number of ether oxygens (including phenoxy) is 3. The molecule has 0 heterocycles. The van der Waals surface area contributed by atoms with Crippen LogP contribution in [0, 0.1) is 0 Å². The van der Waals surface area contributed by atoms with Gasteiger partial charge in [0.1, 0.15) is 0 Å². The Balaban J connectivity index is 2.35. The van der Waals surface area contributed by atoms with Gasteiger partial charge in [-0.25, -0.2) is 0 Å². The second kappa shape index (κ2) is 9.83. The number of hydrogen-bond acceptors (Lipinski definition) is 5. The van der Waals surface area contributed by atoms with Crippen LogP contribution in [0.5, 0.6) is 17.2 Å². The number of rotatable bonds is 9. The molecule has 6 heteroatoms. The molecule has 146 valence electrons. The number of hydrogen-bond donors (Lipinski definition) is 2. The van der Waals surface area contributed by atoms with Crippen LogP contribution in [-0.4, -0.2) is 30.8 Å². The molecule has 0 aliphatic carbocycles. The molecule has 0 aromatic heterocycles. The van der Waals surface area contributed by atoms with Gasteiger partial charge in [0, 0.05) is 11.3 Å². The van der Waals surface area contributed by atoms with E-state index in [1.807, 2.05) is 20.8 Å². The Bertz CT molecular complexity index is 746. The maximum Gasteiger partial charge on any atom is 0.255 e. The van der Waals surface area contributed by atoms with Crippen molar-refractivity contribution in [3.8, 4) is 17.2 Å². The van der Waals surface area contributed by atoms with Crippen molar-refractivity contribution in [3.05, 3.63) is 47.5 Å². The first-order chi connectivity index (χ1) is 13.0. The Morgan fingerprint density at radius 3 is 2.11 bits per heavy atom. The van der Waals surface area contributed by atoms with Gasteiger partial charge in [0.05, 0.1) is 25.9 Å². The van der Waals surface area contributed by atoms with Crippen LogP contribution in [-0.2, 0) is 0 Å². The summed E-state index contributed by atoms with van der Waals surface area (Å²) < 4.78 is 17.0. The van der Waals surface area contributed by atoms with E-state index in [1.54, 1.807) is 43.3 Å². The Morgan fingerprint density at radius 2 is 1.59 bits per heavy atom. The van der Waals surface area contributed by atoms with E-state index in [9.17, 15) is 9.90 Å². The summed E-state index contributed by atoms with van der Waals surface area (Å²) >= 11 is 0. The molecular weight excluding hydrogens is 346 g/mol. The van der Waals surface area contributed by atoms with Crippen LogP contribution in [0.3, 0.4) is 0 Å². The highest BCUT2D eigenvalue weighted by molar-refractivity contribution is 6.05. The quantitative estimate of drug-likeness (QED) is 0.689. The Morgan fingerprint density at radius 1 is 1.00 bits per heavy atom. The number of amides is 1. The molecule has 2 rings (SSSR count). The molecule has 1 atom stereocenters. The summed E-state index contributed by atoms with van der Waals surface area (Å²) in [4.78, 5) is 12.8. The molecule has 2 aromatic rings. The molecule has 2 aromatic carbocycles. The van der Waals surface area contributed by atoms with Gasteiger partial charge in [-0.3, -0.25) is 4.79 Å². The summed E-state index contributed by atoms with van der Waals surface area (Å²) in [6.07, 6.45) is -0.610. The molecule has 0 aliphatic heterocycles. The van der Waals surface area contributed by atoms with Crippen molar-refractivity contribution >= 4 is 11.6 Å². The average molecular weight is 373 g/mol. The van der Waals surface area contributed by atoms with Crippen molar-refractivity contribution < 1.29 is 24.1 Å². The third kappa shape index (κ3) is 5.37. The van der Waals surface area contributed by atoms with Crippen LogP contribution in [0.25, 0.3) is 0 Å². The lowest BCUT2D eigenvalue weighted by atomic mass is 10.1. The van der Waals surface area contributed by atoms with E-state index in [0.29, 0.717) is 48.3 Å². The first kappa shape index (κ1) is 20.6. The van der Waals surface area contributed by atoms with Gasteiger partial charge in [0.15, 0.2) is 11.5 Å². The molecular formula is C21H27NO5. The monoisotopic (exact) mass is 373 g/mol. The van der Waals surface area contributed by atoms with Gasteiger partial charge in [-0.15, -0.1) is 0 Å². The number of nitrogens with one attached hydrogen (secondary N) is 1. The van der Waals surface area contributed by atoms with Gasteiger partial charge >= 0.3 is 0 Å². The molecule has 0 unspecified atom stereocenters. The SMILES string of the molecule is CCOc1cc(C(=O)Nc2cccc([C@H](C)O)c2)cc(OCC)c1OCC. The number of anilines is 1. The molecule has 0 spiro atoms.